The largest absolute Gasteiger partial charge is 0.478 e. The van der Waals surface area contributed by atoms with E-state index in [1.165, 1.54) is 44.1 Å². The molecule has 0 bridgehead atoms. The van der Waals surface area contributed by atoms with Gasteiger partial charge in [-0.05, 0) is 54.5 Å². The van der Waals surface area contributed by atoms with E-state index >= 15 is 0 Å². The molecule has 0 heterocycles. The third-order valence-corrected chi connectivity index (χ3v) is 4.85. The lowest BCUT2D eigenvalue weighted by molar-refractivity contribution is 0.0695. The Morgan fingerprint density at radius 3 is 1.96 bits per heavy atom. The van der Waals surface area contributed by atoms with E-state index in [2.05, 4.69) is 31.2 Å². The first kappa shape index (κ1) is 19.2. The third-order valence-electron chi connectivity index (χ3n) is 4.85. The van der Waals surface area contributed by atoms with Gasteiger partial charge in [-0.25, -0.2) is 4.79 Å². The molecule has 2 rings (SSSR count). The third kappa shape index (κ3) is 5.45. The van der Waals surface area contributed by atoms with Crippen molar-refractivity contribution in [2.45, 2.75) is 65.7 Å². The Hall–Kier alpha value is -2.09. The first-order chi connectivity index (χ1) is 12.0. The van der Waals surface area contributed by atoms with Crippen molar-refractivity contribution in [1.29, 1.82) is 0 Å². The van der Waals surface area contributed by atoms with Crippen molar-refractivity contribution in [3.8, 4) is 11.1 Å². The van der Waals surface area contributed by atoms with Gasteiger partial charge in [0, 0.05) is 0 Å². The molecule has 0 spiro atoms. The van der Waals surface area contributed by atoms with Crippen LogP contribution in [-0.4, -0.2) is 11.1 Å². The zero-order chi connectivity index (χ0) is 18.2. The van der Waals surface area contributed by atoms with Crippen LogP contribution in [0.25, 0.3) is 11.1 Å². The summed E-state index contributed by atoms with van der Waals surface area (Å²) < 4.78 is 0. The summed E-state index contributed by atoms with van der Waals surface area (Å²) in [4.78, 5) is 11.3. The van der Waals surface area contributed by atoms with Gasteiger partial charge in [0.25, 0.3) is 0 Å². The van der Waals surface area contributed by atoms with Gasteiger partial charge in [-0.15, -0.1) is 0 Å². The molecule has 0 aliphatic rings. The van der Waals surface area contributed by atoms with E-state index in [4.69, 9.17) is 0 Å². The van der Waals surface area contributed by atoms with Gasteiger partial charge in [0.05, 0.1) is 5.56 Å². The van der Waals surface area contributed by atoms with Crippen LogP contribution in [0.3, 0.4) is 0 Å². The number of carboxylic acids is 1. The molecule has 0 amide bonds. The van der Waals surface area contributed by atoms with Gasteiger partial charge < -0.3 is 5.11 Å². The van der Waals surface area contributed by atoms with Gasteiger partial charge in [-0.3, -0.25) is 0 Å². The molecule has 1 N–H and O–H groups in total. The van der Waals surface area contributed by atoms with Crippen LogP contribution >= 0.6 is 0 Å². The molecular formula is C23H30O2. The smallest absolute Gasteiger partial charge is 0.336 e. The van der Waals surface area contributed by atoms with Crippen molar-refractivity contribution in [3.63, 3.8) is 0 Å². The molecule has 0 atom stereocenters. The molecule has 2 nitrogen and oxygen atoms in total. The summed E-state index contributed by atoms with van der Waals surface area (Å²) in [6.07, 6.45) is 9.08. The standard InChI is InChI=1S/C23H30O2/c1-4-5-6-7-8-9-10-19-11-13-20(14-12-19)21-15-17(2)22(23(24)25)18(3)16-21/h11-16H,4-10H2,1-3H3,(H,24,25). The maximum atomic E-state index is 11.3. The van der Waals surface area contributed by atoms with Crippen LogP contribution in [0.4, 0.5) is 0 Å². The highest BCUT2D eigenvalue weighted by Crippen LogP contribution is 2.26. The fourth-order valence-corrected chi connectivity index (χ4v) is 3.44. The van der Waals surface area contributed by atoms with Crippen molar-refractivity contribution in [2.75, 3.05) is 0 Å². The minimum atomic E-state index is -0.851. The number of aromatic carboxylic acids is 1. The highest BCUT2D eigenvalue weighted by molar-refractivity contribution is 5.92. The average Bonchev–Trinajstić information content (AvgIpc) is 2.57. The number of carboxylic acid groups (broad SMARTS) is 1. The van der Waals surface area contributed by atoms with Crippen molar-refractivity contribution in [2.24, 2.45) is 0 Å². The Labute approximate surface area is 151 Å². The van der Waals surface area contributed by atoms with Crippen LogP contribution < -0.4 is 0 Å². The molecule has 0 saturated carbocycles. The molecule has 2 heteroatoms. The van der Waals surface area contributed by atoms with E-state index < -0.39 is 5.97 Å². The number of benzene rings is 2. The summed E-state index contributed by atoms with van der Waals surface area (Å²) in [5.74, 6) is -0.851. The second-order valence-electron chi connectivity index (χ2n) is 7.00. The Balaban J connectivity index is 1.99. The summed E-state index contributed by atoms with van der Waals surface area (Å²) in [7, 11) is 0. The molecule has 2 aromatic carbocycles. The van der Waals surface area contributed by atoms with Gasteiger partial charge in [0.1, 0.15) is 0 Å². The number of carbonyl (C=O) groups is 1. The highest BCUT2D eigenvalue weighted by Gasteiger charge is 2.12. The summed E-state index contributed by atoms with van der Waals surface area (Å²) in [6.45, 7) is 5.99. The minimum Gasteiger partial charge on any atom is -0.478 e. The van der Waals surface area contributed by atoms with E-state index in [0.29, 0.717) is 5.56 Å². The molecule has 0 aromatic heterocycles. The van der Waals surface area contributed by atoms with Crippen LogP contribution in [0.15, 0.2) is 36.4 Å². The Kier molecular flexibility index (Phi) is 7.24. The van der Waals surface area contributed by atoms with Crippen molar-refractivity contribution < 1.29 is 9.90 Å². The second-order valence-corrected chi connectivity index (χ2v) is 7.00. The number of hydrogen-bond acceptors (Lipinski definition) is 1. The van der Waals surface area contributed by atoms with Gasteiger partial charge in [-0.1, -0.05) is 75.4 Å². The van der Waals surface area contributed by atoms with Gasteiger partial charge in [-0.2, -0.15) is 0 Å². The maximum Gasteiger partial charge on any atom is 0.336 e. The van der Waals surface area contributed by atoms with E-state index in [-0.39, 0.29) is 0 Å². The van der Waals surface area contributed by atoms with Gasteiger partial charge in [0.2, 0.25) is 0 Å². The van der Waals surface area contributed by atoms with Crippen LogP contribution in [0.5, 0.6) is 0 Å². The number of hydrogen-bond donors (Lipinski definition) is 1. The lowest BCUT2D eigenvalue weighted by Gasteiger charge is -2.10. The molecule has 0 fully saturated rings. The Morgan fingerprint density at radius 2 is 1.40 bits per heavy atom. The first-order valence-electron chi connectivity index (χ1n) is 9.46. The molecule has 0 aliphatic heterocycles. The monoisotopic (exact) mass is 338 g/mol. The molecule has 0 radical (unpaired) electrons. The van der Waals surface area contributed by atoms with Crippen LogP contribution in [0.2, 0.25) is 0 Å². The molecule has 0 aliphatic carbocycles. The van der Waals surface area contributed by atoms with Crippen molar-refractivity contribution in [1.82, 2.24) is 0 Å². The first-order valence-corrected chi connectivity index (χ1v) is 9.46. The van der Waals surface area contributed by atoms with E-state index in [0.717, 1.165) is 28.7 Å². The number of aryl methyl sites for hydroxylation is 3. The summed E-state index contributed by atoms with van der Waals surface area (Å²) >= 11 is 0. The Morgan fingerprint density at radius 1 is 0.840 bits per heavy atom. The summed E-state index contributed by atoms with van der Waals surface area (Å²) in [5, 5.41) is 9.29. The van der Waals surface area contributed by atoms with Crippen LogP contribution in [-0.2, 0) is 6.42 Å². The summed E-state index contributed by atoms with van der Waals surface area (Å²) in [5.41, 5.74) is 5.68. The zero-order valence-corrected chi connectivity index (χ0v) is 15.8. The maximum absolute atomic E-state index is 11.3. The van der Waals surface area contributed by atoms with Crippen LogP contribution in [0, 0.1) is 13.8 Å². The van der Waals surface area contributed by atoms with Crippen LogP contribution in [0.1, 0.15) is 72.5 Å². The zero-order valence-electron chi connectivity index (χ0n) is 15.8. The van der Waals surface area contributed by atoms with E-state index in [9.17, 15) is 9.90 Å². The normalized spacial score (nSPS) is 10.8. The molecule has 0 saturated heterocycles. The van der Waals surface area contributed by atoms with E-state index in [1.54, 1.807) is 0 Å². The lowest BCUT2D eigenvalue weighted by atomic mass is 9.94. The number of rotatable bonds is 9. The second kappa shape index (κ2) is 9.41. The van der Waals surface area contributed by atoms with Crippen molar-refractivity contribution >= 4 is 5.97 Å². The molecule has 0 unspecified atom stereocenters. The fraction of sp³-hybridized carbons (Fsp3) is 0.435. The predicted octanol–water partition coefficient (Wildman–Crippen LogP) is 6.57. The predicted molar refractivity (Wildman–Crippen MR) is 105 cm³/mol. The minimum absolute atomic E-state index is 0.420. The highest BCUT2D eigenvalue weighted by atomic mass is 16.4. The molecular weight excluding hydrogens is 308 g/mol. The topological polar surface area (TPSA) is 37.3 Å². The van der Waals surface area contributed by atoms with Gasteiger partial charge in [0.15, 0.2) is 0 Å². The SMILES string of the molecule is CCCCCCCCc1ccc(-c2cc(C)c(C(=O)O)c(C)c2)cc1. The molecule has 2 aromatic rings. The van der Waals surface area contributed by atoms with E-state index in [1.807, 2.05) is 26.0 Å². The number of unbranched alkanes of at least 4 members (excludes halogenated alkanes) is 5. The quantitative estimate of drug-likeness (QED) is 0.525. The average molecular weight is 338 g/mol. The molecule has 134 valence electrons. The van der Waals surface area contributed by atoms with Crippen molar-refractivity contribution in [3.05, 3.63) is 58.7 Å². The fourth-order valence-electron chi connectivity index (χ4n) is 3.44. The lowest BCUT2D eigenvalue weighted by Crippen LogP contribution is -2.03. The van der Waals surface area contributed by atoms with Gasteiger partial charge >= 0.3 is 5.97 Å². The molecule has 25 heavy (non-hydrogen) atoms. The Bertz CT molecular complexity index is 676. The summed E-state index contributed by atoms with van der Waals surface area (Å²) in [6, 6.07) is 12.7.